The lowest BCUT2D eigenvalue weighted by atomic mass is 9.79. The minimum absolute atomic E-state index is 0.284. The van der Waals surface area contributed by atoms with E-state index in [1.807, 2.05) is 11.3 Å². The summed E-state index contributed by atoms with van der Waals surface area (Å²) in [6, 6.07) is 4.30. The molecule has 0 spiro atoms. The van der Waals surface area contributed by atoms with Crippen LogP contribution in [0.25, 0.3) is 0 Å². The van der Waals surface area contributed by atoms with Gasteiger partial charge in [0.25, 0.3) is 0 Å². The molecule has 2 nitrogen and oxygen atoms in total. The van der Waals surface area contributed by atoms with E-state index < -0.39 is 0 Å². The highest BCUT2D eigenvalue weighted by atomic mass is 32.1. The van der Waals surface area contributed by atoms with Gasteiger partial charge in [-0.15, -0.1) is 11.3 Å². The van der Waals surface area contributed by atoms with Crippen molar-refractivity contribution in [3.05, 3.63) is 22.4 Å². The van der Waals surface area contributed by atoms with Crippen molar-refractivity contribution >= 4 is 17.1 Å². The molecule has 2 unspecified atom stereocenters. The molecule has 0 radical (unpaired) electrons. The van der Waals surface area contributed by atoms with Crippen molar-refractivity contribution in [3.8, 4) is 0 Å². The summed E-state index contributed by atoms with van der Waals surface area (Å²) < 4.78 is 0. The van der Waals surface area contributed by atoms with Crippen LogP contribution in [0.5, 0.6) is 0 Å². The van der Waals surface area contributed by atoms with Crippen LogP contribution in [0.2, 0.25) is 0 Å². The molecule has 0 N–H and O–H groups in total. The number of Topliss-reactive ketones (excluding diaryl/α,β-unsaturated/α-hetero) is 1. The molecule has 0 aliphatic heterocycles. The third-order valence-corrected chi connectivity index (χ3v) is 5.24. The molecule has 0 aromatic carbocycles. The number of carbonyl (C=O) groups is 1. The molecular formula is C16H25NOS. The highest BCUT2D eigenvalue weighted by Gasteiger charge is 2.28. The second-order valence-corrected chi connectivity index (χ2v) is 6.84. The molecule has 1 saturated carbocycles. The predicted molar refractivity (Wildman–Crippen MR) is 81.6 cm³/mol. The van der Waals surface area contributed by atoms with E-state index in [4.69, 9.17) is 0 Å². The van der Waals surface area contributed by atoms with Crippen molar-refractivity contribution in [1.82, 2.24) is 4.90 Å². The number of nitrogens with zero attached hydrogens (tertiary/aromatic N) is 1. The quantitative estimate of drug-likeness (QED) is 0.792. The van der Waals surface area contributed by atoms with Gasteiger partial charge in [-0.05, 0) is 43.7 Å². The number of thiophene rings is 1. The molecule has 106 valence electrons. The van der Waals surface area contributed by atoms with Gasteiger partial charge in [0.2, 0.25) is 0 Å². The lowest BCUT2D eigenvalue weighted by Gasteiger charge is -2.30. The molecule has 1 aliphatic rings. The van der Waals surface area contributed by atoms with Crippen LogP contribution in [0.3, 0.4) is 0 Å². The largest absolute Gasteiger partial charge is 0.305 e. The minimum atomic E-state index is 0.284. The van der Waals surface area contributed by atoms with Gasteiger partial charge in [-0.3, -0.25) is 4.79 Å². The third-order valence-electron chi connectivity index (χ3n) is 4.30. The Morgan fingerprint density at radius 3 is 3.00 bits per heavy atom. The molecule has 0 amide bonds. The van der Waals surface area contributed by atoms with E-state index in [9.17, 15) is 4.79 Å². The Balaban J connectivity index is 1.77. The van der Waals surface area contributed by atoms with Crippen LogP contribution in [0.4, 0.5) is 0 Å². The summed E-state index contributed by atoms with van der Waals surface area (Å²) >= 11 is 1.82. The third kappa shape index (κ3) is 4.43. The number of carbonyl (C=O) groups excluding carboxylic acids is 1. The molecule has 3 heteroatoms. The Kier molecular flexibility index (Phi) is 5.59. The number of ketones is 1. The van der Waals surface area contributed by atoms with Gasteiger partial charge in [0, 0.05) is 30.3 Å². The number of rotatable bonds is 6. The van der Waals surface area contributed by atoms with E-state index in [0.29, 0.717) is 5.78 Å². The molecule has 1 aromatic rings. The van der Waals surface area contributed by atoms with Crippen LogP contribution < -0.4 is 0 Å². The van der Waals surface area contributed by atoms with Crippen LogP contribution in [-0.4, -0.2) is 30.8 Å². The van der Waals surface area contributed by atoms with Crippen molar-refractivity contribution in [1.29, 1.82) is 0 Å². The summed E-state index contributed by atoms with van der Waals surface area (Å²) in [5.41, 5.74) is 0. The van der Waals surface area contributed by atoms with E-state index in [2.05, 4.69) is 36.4 Å². The highest BCUT2D eigenvalue weighted by Crippen LogP contribution is 2.29. The Morgan fingerprint density at radius 1 is 1.47 bits per heavy atom. The van der Waals surface area contributed by atoms with Crippen molar-refractivity contribution in [2.24, 2.45) is 11.8 Å². The first-order valence-corrected chi connectivity index (χ1v) is 8.30. The second kappa shape index (κ2) is 7.20. The van der Waals surface area contributed by atoms with Gasteiger partial charge in [0.15, 0.2) is 0 Å². The monoisotopic (exact) mass is 279 g/mol. The maximum absolute atomic E-state index is 12.0. The molecule has 2 atom stereocenters. The van der Waals surface area contributed by atoms with Crippen molar-refractivity contribution < 1.29 is 4.79 Å². The van der Waals surface area contributed by atoms with Crippen molar-refractivity contribution in [3.63, 3.8) is 0 Å². The van der Waals surface area contributed by atoms with Crippen LogP contribution >= 0.6 is 11.3 Å². The SMILES string of the molecule is CCC1CCC(=O)C(CN(C)CCc2cccs2)C1. The fourth-order valence-corrected chi connectivity index (χ4v) is 3.67. The van der Waals surface area contributed by atoms with Crippen LogP contribution in [-0.2, 0) is 11.2 Å². The lowest BCUT2D eigenvalue weighted by molar-refractivity contribution is -0.126. The summed E-state index contributed by atoms with van der Waals surface area (Å²) in [4.78, 5) is 15.8. The standard InChI is InChI=1S/C16H25NOS/c1-3-13-6-7-16(18)14(11-13)12-17(2)9-8-15-5-4-10-19-15/h4-5,10,13-14H,3,6-9,11-12H2,1-2H3. The molecule has 0 bridgehead atoms. The maximum Gasteiger partial charge on any atom is 0.137 e. The average molecular weight is 279 g/mol. The summed E-state index contributed by atoms with van der Waals surface area (Å²) in [7, 11) is 2.15. The molecule has 2 rings (SSSR count). The Bertz CT molecular complexity index is 387. The van der Waals surface area contributed by atoms with Gasteiger partial charge in [0.05, 0.1) is 0 Å². The minimum Gasteiger partial charge on any atom is -0.305 e. The Morgan fingerprint density at radius 2 is 2.32 bits per heavy atom. The van der Waals surface area contributed by atoms with Crippen molar-refractivity contribution in [2.45, 2.75) is 39.0 Å². The zero-order valence-corrected chi connectivity index (χ0v) is 12.9. The molecule has 1 aliphatic carbocycles. The highest BCUT2D eigenvalue weighted by molar-refractivity contribution is 7.09. The summed E-state index contributed by atoms with van der Waals surface area (Å²) in [5.74, 6) is 1.55. The van der Waals surface area contributed by atoms with E-state index >= 15 is 0 Å². The first-order valence-electron chi connectivity index (χ1n) is 7.42. The number of likely N-dealkylation sites (N-methyl/N-ethyl adjacent to an activating group) is 1. The first kappa shape index (κ1) is 14.7. The van der Waals surface area contributed by atoms with Gasteiger partial charge < -0.3 is 4.90 Å². The fraction of sp³-hybridized carbons (Fsp3) is 0.688. The molecule has 1 heterocycles. The van der Waals surface area contributed by atoms with Gasteiger partial charge >= 0.3 is 0 Å². The Labute approximate surface area is 120 Å². The molecule has 0 saturated heterocycles. The Hall–Kier alpha value is -0.670. The maximum atomic E-state index is 12.0. The first-order chi connectivity index (χ1) is 9.19. The zero-order chi connectivity index (χ0) is 13.7. The van der Waals surface area contributed by atoms with Gasteiger partial charge in [0.1, 0.15) is 5.78 Å². The summed E-state index contributed by atoms with van der Waals surface area (Å²) in [5, 5.41) is 2.13. The average Bonchev–Trinajstić information content (AvgIpc) is 2.92. The smallest absolute Gasteiger partial charge is 0.137 e. The van der Waals surface area contributed by atoms with Crippen LogP contribution in [0, 0.1) is 11.8 Å². The molecule has 1 aromatic heterocycles. The van der Waals surface area contributed by atoms with Gasteiger partial charge in [-0.1, -0.05) is 19.4 Å². The predicted octanol–water partition coefficient (Wildman–Crippen LogP) is 3.62. The topological polar surface area (TPSA) is 20.3 Å². The van der Waals surface area contributed by atoms with E-state index in [1.54, 1.807) is 0 Å². The normalized spacial score (nSPS) is 24.1. The van der Waals surface area contributed by atoms with E-state index in [0.717, 1.165) is 44.7 Å². The molecule has 19 heavy (non-hydrogen) atoms. The molecule has 1 fully saturated rings. The number of hydrogen-bond donors (Lipinski definition) is 0. The zero-order valence-electron chi connectivity index (χ0n) is 12.1. The van der Waals surface area contributed by atoms with Gasteiger partial charge in [-0.2, -0.15) is 0 Å². The summed E-state index contributed by atoms with van der Waals surface area (Å²) in [6.45, 7) is 4.25. The van der Waals surface area contributed by atoms with E-state index in [1.165, 1.54) is 11.3 Å². The fourth-order valence-electron chi connectivity index (χ4n) is 2.97. The molecular weight excluding hydrogens is 254 g/mol. The summed E-state index contributed by atoms with van der Waals surface area (Å²) in [6.07, 6.45) is 5.36. The lowest BCUT2D eigenvalue weighted by Crippen LogP contribution is -2.35. The number of hydrogen-bond acceptors (Lipinski definition) is 3. The van der Waals surface area contributed by atoms with Crippen LogP contribution in [0.15, 0.2) is 17.5 Å². The van der Waals surface area contributed by atoms with Crippen molar-refractivity contribution in [2.75, 3.05) is 20.1 Å². The van der Waals surface area contributed by atoms with Gasteiger partial charge in [-0.25, -0.2) is 0 Å². The van der Waals surface area contributed by atoms with E-state index in [-0.39, 0.29) is 5.92 Å². The second-order valence-electron chi connectivity index (χ2n) is 5.80. The van der Waals surface area contributed by atoms with Crippen LogP contribution in [0.1, 0.15) is 37.5 Å².